The van der Waals surface area contributed by atoms with Crippen molar-refractivity contribution in [2.75, 3.05) is 0 Å². The number of phenols is 3. The van der Waals surface area contributed by atoms with E-state index in [4.69, 9.17) is 10.8 Å². The molecule has 0 aliphatic rings. The van der Waals surface area contributed by atoms with E-state index in [9.17, 15) is 20.1 Å². The Hall–Kier alpha value is -1.95. The quantitative estimate of drug-likeness (QED) is 0.522. The van der Waals surface area contributed by atoms with Crippen LogP contribution in [0.2, 0.25) is 0 Å². The van der Waals surface area contributed by atoms with E-state index in [1.165, 1.54) is 6.07 Å². The van der Waals surface area contributed by atoms with Crippen LogP contribution in [-0.2, 0) is 16.6 Å². The smallest absolute Gasteiger partial charge is 0.320 e. The summed E-state index contributed by atoms with van der Waals surface area (Å²) in [6, 6.07) is 0.273. The molecule has 0 aromatic heterocycles. The molecule has 0 radical (unpaired) electrons. The van der Waals surface area contributed by atoms with E-state index in [1.807, 2.05) is 20.8 Å². The lowest BCUT2D eigenvalue weighted by atomic mass is 9.84. The second kappa shape index (κ2) is 4.97. The molecule has 6 N–H and O–H groups in total. The lowest BCUT2D eigenvalue weighted by molar-refractivity contribution is -0.138. The van der Waals surface area contributed by atoms with Gasteiger partial charge in [-0.05, 0) is 11.5 Å². The third-order valence-corrected chi connectivity index (χ3v) is 2.89. The van der Waals surface area contributed by atoms with Crippen LogP contribution in [0.4, 0.5) is 0 Å². The molecule has 1 aromatic carbocycles. The van der Waals surface area contributed by atoms with Crippen LogP contribution < -0.4 is 5.73 Å². The van der Waals surface area contributed by atoms with E-state index in [-0.39, 0.29) is 12.0 Å². The molecule has 0 fully saturated rings. The molecule has 0 amide bonds. The van der Waals surface area contributed by atoms with Gasteiger partial charge in [0.1, 0.15) is 6.04 Å². The normalized spacial score (nSPS) is 13.3. The summed E-state index contributed by atoms with van der Waals surface area (Å²) in [5, 5.41) is 38.0. The number of hydrogen-bond acceptors (Lipinski definition) is 5. The molecule has 0 aliphatic heterocycles. The molecule has 0 saturated carbocycles. The van der Waals surface area contributed by atoms with Crippen LogP contribution in [-0.4, -0.2) is 32.4 Å². The Labute approximate surface area is 111 Å². The minimum absolute atomic E-state index is 0.141. The maximum Gasteiger partial charge on any atom is 0.320 e. The first-order valence-corrected chi connectivity index (χ1v) is 5.81. The third-order valence-electron chi connectivity index (χ3n) is 2.89. The summed E-state index contributed by atoms with van der Waals surface area (Å²) in [6.45, 7) is 5.46. The predicted octanol–water partition coefficient (Wildman–Crippen LogP) is 1.06. The van der Waals surface area contributed by atoms with Gasteiger partial charge in [-0.2, -0.15) is 0 Å². The largest absolute Gasteiger partial charge is 0.504 e. The Kier molecular flexibility index (Phi) is 3.95. The molecule has 0 bridgehead atoms. The van der Waals surface area contributed by atoms with Crippen LogP contribution in [0.15, 0.2) is 6.07 Å². The van der Waals surface area contributed by atoms with Crippen molar-refractivity contribution in [2.45, 2.75) is 38.6 Å². The van der Waals surface area contributed by atoms with Crippen molar-refractivity contribution >= 4 is 5.97 Å². The zero-order valence-corrected chi connectivity index (χ0v) is 11.1. The fourth-order valence-corrected chi connectivity index (χ4v) is 1.75. The summed E-state index contributed by atoms with van der Waals surface area (Å²) in [6.07, 6.45) is -0.141. The summed E-state index contributed by atoms with van der Waals surface area (Å²) in [5.41, 5.74) is 5.54. The van der Waals surface area contributed by atoms with Crippen LogP contribution in [0.25, 0.3) is 0 Å². The zero-order chi connectivity index (χ0) is 15.0. The van der Waals surface area contributed by atoms with Gasteiger partial charge >= 0.3 is 5.97 Å². The van der Waals surface area contributed by atoms with Crippen molar-refractivity contribution in [1.29, 1.82) is 0 Å². The van der Waals surface area contributed by atoms with Gasteiger partial charge in [0, 0.05) is 17.5 Å². The van der Waals surface area contributed by atoms with Crippen molar-refractivity contribution < 1.29 is 25.2 Å². The summed E-state index contributed by atoms with van der Waals surface area (Å²) < 4.78 is 0. The molecule has 1 rings (SSSR count). The highest BCUT2D eigenvalue weighted by atomic mass is 16.4. The minimum Gasteiger partial charge on any atom is -0.504 e. The number of carbonyl (C=O) groups is 1. The monoisotopic (exact) mass is 269 g/mol. The summed E-state index contributed by atoms with van der Waals surface area (Å²) >= 11 is 0. The maximum absolute atomic E-state index is 10.7. The van der Waals surface area contributed by atoms with Crippen molar-refractivity contribution in [3.8, 4) is 17.2 Å². The first-order chi connectivity index (χ1) is 8.55. The molecule has 1 atom stereocenters. The third kappa shape index (κ3) is 3.08. The van der Waals surface area contributed by atoms with Crippen LogP contribution >= 0.6 is 0 Å². The number of aliphatic carboxylic acids is 1. The second-order valence-corrected chi connectivity index (χ2v) is 5.53. The number of benzene rings is 1. The molecule has 1 unspecified atom stereocenters. The average molecular weight is 269 g/mol. The average Bonchev–Trinajstić information content (AvgIpc) is 2.27. The van der Waals surface area contributed by atoms with Gasteiger partial charge in [-0.15, -0.1) is 0 Å². The molecule has 6 heteroatoms. The number of carboxylic acids is 1. The highest BCUT2D eigenvalue weighted by Gasteiger charge is 2.26. The van der Waals surface area contributed by atoms with Gasteiger partial charge in [-0.1, -0.05) is 20.8 Å². The fraction of sp³-hybridized carbons (Fsp3) is 0.462. The Bertz CT molecular complexity index is 505. The number of hydrogen-bond donors (Lipinski definition) is 5. The van der Waals surface area contributed by atoms with Gasteiger partial charge < -0.3 is 26.2 Å². The van der Waals surface area contributed by atoms with E-state index in [2.05, 4.69) is 0 Å². The Morgan fingerprint density at radius 1 is 1.21 bits per heavy atom. The van der Waals surface area contributed by atoms with E-state index in [1.54, 1.807) is 0 Å². The summed E-state index contributed by atoms with van der Waals surface area (Å²) in [7, 11) is 0. The molecule has 0 heterocycles. The number of phenolic OH excluding ortho intramolecular Hbond substituents is 3. The number of aromatic hydroxyl groups is 3. The van der Waals surface area contributed by atoms with E-state index < -0.39 is 34.7 Å². The lowest BCUT2D eigenvalue weighted by Crippen LogP contribution is -2.32. The first kappa shape index (κ1) is 15.1. The molecule has 0 aliphatic carbocycles. The van der Waals surface area contributed by atoms with Gasteiger partial charge in [0.25, 0.3) is 0 Å². The van der Waals surface area contributed by atoms with Crippen molar-refractivity contribution in [3.63, 3.8) is 0 Å². The lowest BCUT2D eigenvalue weighted by Gasteiger charge is -2.23. The topological polar surface area (TPSA) is 124 Å². The standard InChI is InChI=1S/C13H19NO5/c1-13(2,3)7-4-6(5-8(14)12(18)19)9(15)11(17)10(7)16/h4,8,15-17H,5,14H2,1-3H3,(H,18,19). The van der Waals surface area contributed by atoms with Gasteiger partial charge in [-0.3, -0.25) is 4.79 Å². The number of rotatable bonds is 3. The Morgan fingerprint density at radius 3 is 2.16 bits per heavy atom. The number of nitrogens with two attached hydrogens (primary N) is 1. The van der Waals surface area contributed by atoms with Gasteiger partial charge in [0.15, 0.2) is 11.5 Å². The van der Waals surface area contributed by atoms with Crippen LogP contribution in [0.1, 0.15) is 31.9 Å². The molecule has 19 heavy (non-hydrogen) atoms. The fourth-order valence-electron chi connectivity index (χ4n) is 1.75. The van der Waals surface area contributed by atoms with Crippen molar-refractivity contribution in [3.05, 3.63) is 17.2 Å². The first-order valence-electron chi connectivity index (χ1n) is 5.81. The van der Waals surface area contributed by atoms with Gasteiger partial charge in [0.05, 0.1) is 0 Å². The zero-order valence-electron chi connectivity index (χ0n) is 11.1. The molecule has 1 aromatic rings. The summed E-state index contributed by atoms with van der Waals surface area (Å²) in [5.74, 6) is -2.80. The van der Waals surface area contributed by atoms with Gasteiger partial charge in [0.2, 0.25) is 5.75 Å². The van der Waals surface area contributed by atoms with Crippen LogP contribution in [0.5, 0.6) is 17.2 Å². The summed E-state index contributed by atoms with van der Waals surface area (Å²) in [4.78, 5) is 10.7. The van der Waals surface area contributed by atoms with E-state index in [0.29, 0.717) is 5.56 Å². The molecule has 106 valence electrons. The van der Waals surface area contributed by atoms with Gasteiger partial charge in [-0.25, -0.2) is 0 Å². The molecular weight excluding hydrogens is 250 g/mol. The van der Waals surface area contributed by atoms with Crippen molar-refractivity contribution in [2.24, 2.45) is 5.73 Å². The SMILES string of the molecule is CC(C)(C)c1cc(CC(N)C(=O)O)c(O)c(O)c1O. The Balaban J connectivity index is 3.34. The van der Waals surface area contributed by atoms with E-state index >= 15 is 0 Å². The predicted molar refractivity (Wildman–Crippen MR) is 69.5 cm³/mol. The molecular formula is C13H19NO5. The second-order valence-electron chi connectivity index (χ2n) is 5.53. The van der Waals surface area contributed by atoms with Crippen molar-refractivity contribution in [1.82, 2.24) is 0 Å². The molecule has 0 spiro atoms. The number of carboxylic acid groups (broad SMARTS) is 1. The minimum atomic E-state index is -1.20. The highest BCUT2D eigenvalue weighted by Crippen LogP contribution is 2.44. The molecule has 6 nitrogen and oxygen atoms in total. The highest BCUT2D eigenvalue weighted by molar-refractivity contribution is 5.74. The van der Waals surface area contributed by atoms with Crippen LogP contribution in [0.3, 0.4) is 0 Å². The van der Waals surface area contributed by atoms with Crippen LogP contribution in [0, 0.1) is 0 Å². The molecule has 0 saturated heterocycles. The maximum atomic E-state index is 10.7. The Morgan fingerprint density at radius 2 is 1.74 bits per heavy atom. The van der Waals surface area contributed by atoms with E-state index in [0.717, 1.165) is 0 Å².